The lowest BCUT2D eigenvalue weighted by atomic mass is 9.94. The predicted octanol–water partition coefficient (Wildman–Crippen LogP) is 4.52. The Hall–Kier alpha value is -1.46. The summed E-state index contributed by atoms with van der Waals surface area (Å²) in [5.74, 6) is -0.502. The van der Waals surface area contributed by atoms with Gasteiger partial charge in [-0.2, -0.15) is 0 Å². The normalized spacial score (nSPS) is 12.2. The predicted molar refractivity (Wildman–Crippen MR) is 111 cm³/mol. The number of halogens is 3. The number of rotatable bonds is 5. The first-order chi connectivity index (χ1) is 10.9. The number of hydrogen-bond donors (Lipinski definition) is 2. The Kier molecular flexibility index (Phi) is 9.90. The van der Waals surface area contributed by atoms with Crippen LogP contribution in [0.1, 0.15) is 18.5 Å². The van der Waals surface area contributed by atoms with Gasteiger partial charge in [-0.15, -0.1) is 24.8 Å². The monoisotopic (exact) mass is 403 g/mol. The van der Waals surface area contributed by atoms with Crippen molar-refractivity contribution < 1.29 is 4.79 Å². The highest BCUT2D eigenvalue weighted by Crippen LogP contribution is 2.29. The van der Waals surface area contributed by atoms with Gasteiger partial charge in [-0.1, -0.05) is 48.9 Å². The highest BCUT2D eigenvalue weighted by atomic mass is 35.5. The first-order valence-electron chi connectivity index (χ1n) is 7.48. The van der Waals surface area contributed by atoms with Crippen molar-refractivity contribution in [3.63, 3.8) is 0 Å². The number of anilines is 2. The molecule has 0 bridgehead atoms. The van der Waals surface area contributed by atoms with E-state index in [0.717, 1.165) is 11.3 Å². The van der Waals surface area contributed by atoms with E-state index in [-0.39, 0.29) is 42.7 Å². The zero-order valence-corrected chi connectivity index (χ0v) is 16.8. The first-order valence-corrected chi connectivity index (χ1v) is 7.86. The van der Waals surface area contributed by atoms with Crippen LogP contribution in [0.2, 0.25) is 5.02 Å². The van der Waals surface area contributed by atoms with Gasteiger partial charge in [-0.25, -0.2) is 0 Å². The number of carbonyl (C=O) groups is 1. The summed E-state index contributed by atoms with van der Waals surface area (Å²) in [4.78, 5) is 14.5. The van der Waals surface area contributed by atoms with Crippen molar-refractivity contribution >= 4 is 53.7 Å². The van der Waals surface area contributed by atoms with Crippen LogP contribution in [-0.2, 0) is 4.79 Å². The lowest BCUT2D eigenvalue weighted by molar-refractivity contribution is -0.120. The quantitative estimate of drug-likeness (QED) is 0.770. The average Bonchev–Trinajstić information content (AvgIpc) is 2.54. The maximum absolute atomic E-state index is 12.6. The standard InChI is InChI=1S/C18H22ClN3O.2ClH/c1-12(17(20)13-7-5-4-6-8-13)18(23)21-15-11-14(19)9-10-16(15)22(2)3;;/h4-12,17H,20H2,1-3H3,(H,21,23);2*1H. The van der Waals surface area contributed by atoms with E-state index in [2.05, 4.69) is 5.32 Å². The summed E-state index contributed by atoms with van der Waals surface area (Å²) in [5, 5.41) is 3.51. The summed E-state index contributed by atoms with van der Waals surface area (Å²) in [7, 11) is 3.83. The van der Waals surface area contributed by atoms with Gasteiger partial charge in [0.15, 0.2) is 0 Å². The summed E-state index contributed by atoms with van der Waals surface area (Å²) in [6.07, 6.45) is 0. The Bertz CT molecular complexity index is 681. The number of benzene rings is 2. The molecule has 2 rings (SSSR count). The van der Waals surface area contributed by atoms with Gasteiger partial charge in [0.25, 0.3) is 0 Å². The number of nitrogens with one attached hydrogen (secondary N) is 1. The molecule has 138 valence electrons. The molecule has 0 aliphatic heterocycles. The van der Waals surface area contributed by atoms with Crippen LogP contribution in [0.5, 0.6) is 0 Å². The molecule has 0 heterocycles. The summed E-state index contributed by atoms with van der Waals surface area (Å²) in [6.45, 7) is 1.83. The Balaban J connectivity index is 0.00000288. The molecule has 2 atom stereocenters. The van der Waals surface area contributed by atoms with Gasteiger partial charge in [-0.3, -0.25) is 4.79 Å². The van der Waals surface area contributed by atoms with Gasteiger partial charge in [0.1, 0.15) is 0 Å². The fourth-order valence-corrected chi connectivity index (χ4v) is 2.54. The van der Waals surface area contributed by atoms with E-state index in [9.17, 15) is 4.79 Å². The molecule has 7 heteroatoms. The molecule has 0 aliphatic carbocycles. The Labute approximate surface area is 166 Å². The third-order valence-electron chi connectivity index (χ3n) is 3.83. The number of amides is 1. The van der Waals surface area contributed by atoms with Crippen LogP contribution < -0.4 is 16.0 Å². The maximum atomic E-state index is 12.6. The molecule has 0 aliphatic rings. The minimum Gasteiger partial charge on any atom is -0.376 e. The molecule has 2 unspecified atom stereocenters. The van der Waals surface area contributed by atoms with Gasteiger partial charge >= 0.3 is 0 Å². The zero-order valence-electron chi connectivity index (χ0n) is 14.4. The van der Waals surface area contributed by atoms with Gasteiger partial charge in [0.2, 0.25) is 5.91 Å². The number of hydrogen-bond acceptors (Lipinski definition) is 3. The lowest BCUT2D eigenvalue weighted by Gasteiger charge is -2.22. The van der Waals surface area contributed by atoms with E-state index in [4.69, 9.17) is 17.3 Å². The minimum absolute atomic E-state index is 0. The van der Waals surface area contributed by atoms with Crippen LogP contribution in [0, 0.1) is 5.92 Å². The molecule has 0 radical (unpaired) electrons. The molecule has 0 spiro atoms. The molecule has 2 aromatic carbocycles. The Morgan fingerprint density at radius 3 is 2.28 bits per heavy atom. The molecule has 0 saturated carbocycles. The molecule has 4 nitrogen and oxygen atoms in total. The second kappa shape index (κ2) is 10.5. The smallest absolute Gasteiger partial charge is 0.229 e. The molecular weight excluding hydrogens is 381 g/mol. The first kappa shape index (κ1) is 23.5. The summed E-state index contributed by atoms with van der Waals surface area (Å²) in [5.41, 5.74) is 8.73. The second-order valence-corrected chi connectivity index (χ2v) is 6.21. The molecule has 0 fully saturated rings. The SMILES string of the molecule is CC(C(=O)Nc1cc(Cl)ccc1N(C)C)C(N)c1ccccc1.Cl.Cl. The molecule has 2 aromatic rings. The third-order valence-corrected chi connectivity index (χ3v) is 4.07. The fourth-order valence-electron chi connectivity index (χ4n) is 2.37. The molecule has 3 N–H and O–H groups in total. The molecule has 0 aromatic heterocycles. The van der Waals surface area contributed by atoms with Crippen LogP contribution in [0.25, 0.3) is 0 Å². The average molecular weight is 405 g/mol. The maximum Gasteiger partial charge on any atom is 0.229 e. The van der Waals surface area contributed by atoms with Crippen molar-refractivity contribution in [2.75, 3.05) is 24.3 Å². The van der Waals surface area contributed by atoms with Gasteiger partial charge in [0, 0.05) is 25.2 Å². The van der Waals surface area contributed by atoms with Gasteiger partial charge in [-0.05, 0) is 23.8 Å². The lowest BCUT2D eigenvalue weighted by Crippen LogP contribution is -2.31. The van der Waals surface area contributed by atoms with Crippen molar-refractivity contribution in [3.8, 4) is 0 Å². The minimum atomic E-state index is -0.369. The van der Waals surface area contributed by atoms with Crippen molar-refractivity contribution in [1.29, 1.82) is 0 Å². The van der Waals surface area contributed by atoms with Crippen LogP contribution >= 0.6 is 36.4 Å². The highest BCUT2D eigenvalue weighted by Gasteiger charge is 2.23. The Morgan fingerprint density at radius 2 is 1.72 bits per heavy atom. The largest absolute Gasteiger partial charge is 0.376 e. The van der Waals surface area contributed by atoms with Crippen molar-refractivity contribution in [2.24, 2.45) is 11.7 Å². The van der Waals surface area contributed by atoms with Crippen molar-refractivity contribution in [1.82, 2.24) is 0 Å². The van der Waals surface area contributed by atoms with E-state index in [1.807, 2.05) is 62.3 Å². The number of nitrogens with two attached hydrogens (primary N) is 1. The van der Waals surface area contributed by atoms with Crippen LogP contribution in [0.3, 0.4) is 0 Å². The summed E-state index contributed by atoms with van der Waals surface area (Å²) < 4.78 is 0. The fraction of sp³-hybridized carbons (Fsp3) is 0.278. The topological polar surface area (TPSA) is 58.4 Å². The molecule has 1 amide bonds. The van der Waals surface area contributed by atoms with Crippen LogP contribution in [0.15, 0.2) is 48.5 Å². The van der Waals surface area contributed by atoms with Gasteiger partial charge in [0.05, 0.1) is 17.3 Å². The number of carbonyl (C=O) groups excluding carboxylic acids is 1. The summed E-state index contributed by atoms with van der Waals surface area (Å²) >= 11 is 6.05. The third kappa shape index (κ3) is 6.08. The Morgan fingerprint density at radius 1 is 1.12 bits per heavy atom. The zero-order chi connectivity index (χ0) is 17.0. The molecule has 25 heavy (non-hydrogen) atoms. The highest BCUT2D eigenvalue weighted by molar-refractivity contribution is 6.31. The van der Waals surface area contributed by atoms with Crippen LogP contribution in [0.4, 0.5) is 11.4 Å². The van der Waals surface area contributed by atoms with E-state index >= 15 is 0 Å². The van der Waals surface area contributed by atoms with E-state index < -0.39 is 0 Å². The summed E-state index contributed by atoms with van der Waals surface area (Å²) in [6, 6.07) is 14.7. The second-order valence-electron chi connectivity index (χ2n) is 5.77. The van der Waals surface area contributed by atoms with E-state index in [1.165, 1.54) is 0 Å². The van der Waals surface area contributed by atoms with Gasteiger partial charge < -0.3 is 16.0 Å². The van der Waals surface area contributed by atoms with Crippen molar-refractivity contribution in [3.05, 3.63) is 59.1 Å². The van der Waals surface area contributed by atoms with E-state index in [0.29, 0.717) is 10.7 Å². The number of nitrogens with zero attached hydrogens (tertiary/aromatic N) is 1. The molecular formula is C18H24Cl3N3O. The van der Waals surface area contributed by atoms with Crippen LogP contribution in [-0.4, -0.2) is 20.0 Å². The van der Waals surface area contributed by atoms with E-state index in [1.54, 1.807) is 12.1 Å². The molecule has 0 saturated heterocycles. The van der Waals surface area contributed by atoms with Crippen molar-refractivity contribution in [2.45, 2.75) is 13.0 Å².